The van der Waals surface area contributed by atoms with Gasteiger partial charge in [0.2, 0.25) is 0 Å². The van der Waals surface area contributed by atoms with E-state index in [1.165, 1.54) is 35.6 Å². The maximum absolute atomic E-state index is 13.0. The zero-order valence-electron chi connectivity index (χ0n) is 12.8. The Morgan fingerprint density at radius 2 is 1.80 bits per heavy atom. The Kier molecular flexibility index (Phi) is 4.94. The van der Waals surface area contributed by atoms with Crippen molar-refractivity contribution >= 4 is 46.1 Å². The van der Waals surface area contributed by atoms with E-state index in [0.717, 1.165) is 5.56 Å². The number of rotatable bonds is 3. The van der Waals surface area contributed by atoms with Crippen LogP contribution in [0.1, 0.15) is 15.4 Å². The second kappa shape index (κ2) is 7.00. The van der Waals surface area contributed by atoms with Crippen LogP contribution in [-0.4, -0.2) is 16.0 Å². The van der Waals surface area contributed by atoms with Crippen LogP contribution in [0.15, 0.2) is 36.4 Å². The summed E-state index contributed by atoms with van der Waals surface area (Å²) in [6.07, 6.45) is 0. The van der Waals surface area contributed by atoms with E-state index in [-0.39, 0.29) is 27.5 Å². The highest BCUT2D eigenvalue weighted by molar-refractivity contribution is 7.17. The van der Waals surface area contributed by atoms with Crippen molar-refractivity contribution in [2.75, 3.05) is 5.32 Å². The van der Waals surface area contributed by atoms with Gasteiger partial charge in [-0.2, -0.15) is 0 Å². The molecule has 2 aromatic carbocycles. The minimum Gasteiger partial charge on any atom is -0.505 e. The normalized spacial score (nSPS) is 10.7. The number of phenolic OH excluding ortho intramolecular Hbond substituents is 1. The molecule has 0 aliphatic heterocycles. The number of carbonyl (C=O) groups excluding carboxylic acids is 1. The van der Waals surface area contributed by atoms with E-state index < -0.39 is 0 Å². The molecule has 0 spiro atoms. The van der Waals surface area contributed by atoms with Crippen molar-refractivity contribution in [3.63, 3.8) is 0 Å². The van der Waals surface area contributed by atoms with Gasteiger partial charge in [-0.3, -0.25) is 4.79 Å². The summed E-state index contributed by atoms with van der Waals surface area (Å²) >= 11 is 12.9. The number of phenols is 1. The topological polar surface area (TPSA) is 62.2 Å². The van der Waals surface area contributed by atoms with Gasteiger partial charge in [0, 0.05) is 11.3 Å². The monoisotopic (exact) mass is 396 g/mol. The lowest BCUT2D eigenvalue weighted by Gasteiger charge is -2.07. The first-order valence-electron chi connectivity index (χ1n) is 7.08. The number of nitrogens with zero attached hydrogens (tertiary/aromatic N) is 1. The van der Waals surface area contributed by atoms with E-state index in [1.54, 1.807) is 19.1 Å². The number of hydrogen-bond acceptors (Lipinski definition) is 4. The van der Waals surface area contributed by atoms with E-state index in [0.29, 0.717) is 21.3 Å². The van der Waals surface area contributed by atoms with Crippen LogP contribution < -0.4 is 5.32 Å². The third kappa shape index (κ3) is 3.76. The average Bonchev–Trinajstić information content (AvgIpc) is 2.95. The molecule has 0 aliphatic rings. The van der Waals surface area contributed by atoms with Crippen molar-refractivity contribution < 1.29 is 14.3 Å². The number of benzene rings is 2. The van der Waals surface area contributed by atoms with Gasteiger partial charge in [-0.05, 0) is 43.3 Å². The third-order valence-electron chi connectivity index (χ3n) is 3.37. The number of aromatic hydroxyl groups is 1. The van der Waals surface area contributed by atoms with Crippen LogP contribution in [0.4, 0.5) is 10.1 Å². The van der Waals surface area contributed by atoms with Gasteiger partial charge in [-0.25, -0.2) is 9.37 Å². The Balaban J connectivity index is 1.87. The standard InChI is InChI=1S/C17H11Cl2FN2O2S/c1-8-15(25-17(21-8)9-2-4-10(20)5-3-9)16(24)22-11-6-12(18)14(23)13(19)7-11/h2-7,23H,1H3,(H,22,24). The predicted molar refractivity (Wildman–Crippen MR) is 98.3 cm³/mol. The lowest BCUT2D eigenvalue weighted by molar-refractivity contribution is 0.103. The minimum absolute atomic E-state index is 0.0378. The number of halogens is 3. The smallest absolute Gasteiger partial charge is 0.267 e. The molecule has 128 valence electrons. The highest BCUT2D eigenvalue weighted by Crippen LogP contribution is 2.35. The largest absolute Gasteiger partial charge is 0.505 e. The fourth-order valence-corrected chi connectivity index (χ4v) is 3.60. The van der Waals surface area contributed by atoms with Gasteiger partial charge in [0.15, 0.2) is 5.75 Å². The summed E-state index contributed by atoms with van der Waals surface area (Å²) in [6, 6.07) is 8.69. The fourth-order valence-electron chi connectivity index (χ4n) is 2.15. The van der Waals surface area contributed by atoms with Gasteiger partial charge < -0.3 is 10.4 Å². The van der Waals surface area contributed by atoms with Gasteiger partial charge in [0.1, 0.15) is 15.7 Å². The van der Waals surface area contributed by atoms with Gasteiger partial charge in [-0.1, -0.05) is 23.2 Å². The molecule has 3 aromatic rings. The Morgan fingerprint density at radius 3 is 2.40 bits per heavy atom. The summed E-state index contributed by atoms with van der Waals surface area (Å²) in [5, 5.41) is 12.9. The maximum atomic E-state index is 13.0. The summed E-state index contributed by atoms with van der Waals surface area (Å²) in [6.45, 7) is 1.72. The molecule has 0 saturated carbocycles. The molecule has 3 rings (SSSR count). The molecule has 25 heavy (non-hydrogen) atoms. The van der Waals surface area contributed by atoms with Gasteiger partial charge in [-0.15, -0.1) is 11.3 Å². The molecule has 0 aliphatic carbocycles. The van der Waals surface area contributed by atoms with E-state index in [2.05, 4.69) is 10.3 Å². The molecule has 0 saturated heterocycles. The van der Waals surface area contributed by atoms with Crippen molar-refractivity contribution in [3.8, 4) is 16.3 Å². The van der Waals surface area contributed by atoms with Crippen molar-refractivity contribution in [1.29, 1.82) is 0 Å². The molecule has 4 nitrogen and oxygen atoms in total. The molecule has 0 fully saturated rings. The van der Waals surface area contributed by atoms with Crippen LogP contribution >= 0.6 is 34.5 Å². The quantitative estimate of drug-likeness (QED) is 0.572. The summed E-state index contributed by atoms with van der Waals surface area (Å²) in [4.78, 5) is 17.3. The summed E-state index contributed by atoms with van der Waals surface area (Å²) < 4.78 is 13.0. The summed E-state index contributed by atoms with van der Waals surface area (Å²) in [5.41, 5.74) is 1.64. The minimum atomic E-state index is -0.374. The number of aryl methyl sites for hydroxylation is 1. The summed E-state index contributed by atoms with van der Waals surface area (Å²) in [5.74, 6) is -0.953. The molecule has 2 N–H and O–H groups in total. The van der Waals surface area contributed by atoms with Crippen molar-refractivity contribution in [2.45, 2.75) is 6.92 Å². The number of carbonyl (C=O) groups is 1. The molecular formula is C17H11Cl2FN2O2S. The van der Waals surface area contributed by atoms with Gasteiger partial charge in [0.05, 0.1) is 15.7 Å². The van der Waals surface area contributed by atoms with Gasteiger partial charge >= 0.3 is 0 Å². The van der Waals surface area contributed by atoms with Crippen molar-refractivity contribution in [1.82, 2.24) is 4.98 Å². The Bertz CT molecular complexity index is 935. The molecule has 1 amide bonds. The molecule has 1 aromatic heterocycles. The first-order chi connectivity index (χ1) is 11.8. The SMILES string of the molecule is Cc1nc(-c2ccc(F)cc2)sc1C(=O)Nc1cc(Cl)c(O)c(Cl)c1. The number of anilines is 1. The number of thiazole rings is 1. The van der Waals surface area contributed by atoms with Crippen LogP contribution in [0.3, 0.4) is 0 Å². The van der Waals surface area contributed by atoms with Gasteiger partial charge in [0.25, 0.3) is 5.91 Å². The Hall–Kier alpha value is -2.15. The zero-order valence-corrected chi connectivity index (χ0v) is 15.1. The third-order valence-corrected chi connectivity index (χ3v) is 5.15. The number of aromatic nitrogens is 1. The maximum Gasteiger partial charge on any atom is 0.267 e. The number of amides is 1. The lowest BCUT2D eigenvalue weighted by Crippen LogP contribution is -2.11. The molecule has 0 radical (unpaired) electrons. The average molecular weight is 397 g/mol. The molecule has 0 bridgehead atoms. The molecule has 0 unspecified atom stereocenters. The highest BCUT2D eigenvalue weighted by atomic mass is 35.5. The van der Waals surface area contributed by atoms with Crippen LogP contribution in [-0.2, 0) is 0 Å². The number of nitrogens with one attached hydrogen (secondary N) is 1. The zero-order chi connectivity index (χ0) is 18.1. The predicted octanol–water partition coefficient (Wildman–Crippen LogP) is 5.52. The molecular weight excluding hydrogens is 386 g/mol. The molecule has 1 heterocycles. The molecule has 8 heteroatoms. The van der Waals surface area contributed by atoms with Crippen molar-refractivity contribution in [3.05, 3.63) is 62.8 Å². The Labute approximate surface area is 156 Å². The Morgan fingerprint density at radius 1 is 1.20 bits per heavy atom. The fraction of sp³-hybridized carbons (Fsp3) is 0.0588. The van der Waals surface area contributed by atoms with Crippen molar-refractivity contribution in [2.24, 2.45) is 0 Å². The molecule has 0 atom stereocenters. The number of hydrogen-bond donors (Lipinski definition) is 2. The second-order valence-corrected chi connectivity index (χ2v) is 7.00. The van der Waals surface area contributed by atoms with E-state index in [9.17, 15) is 14.3 Å². The van der Waals surface area contributed by atoms with E-state index >= 15 is 0 Å². The lowest BCUT2D eigenvalue weighted by atomic mass is 10.2. The van der Waals surface area contributed by atoms with Crippen LogP contribution in [0.5, 0.6) is 5.75 Å². The van der Waals surface area contributed by atoms with E-state index in [1.807, 2.05) is 0 Å². The van der Waals surface area contributed by atoms with Crippen LogP contribution in [0.2, 0.25) is 10.0 Å². The first kappa shape index (κ1) is 17.7. The van der Waals surface area contributed by atoms with Crippen LogP contribution in [0, 0.1) is 12.7 Å². The summed E-state index contributed by atoms with van der Waals surface area (Å²) in [7, 11) is 0. The second-order valence-electron chi connectivity index (χ2n) is 5.18. The van der Waals surface area contributed by atoms with E-state index in [4.69, 9.17) is 23.2 Å². The highest BCUT2D eigenvalue weighted by Gasteiger charge is 2.17. The van der Waals surface area contributed by atoms with Crippen LogP contribution in [0.25, 0.3) is 10.6 Å². The first-order valence-corrected chi connectivity index (χ1v) is 8.65.